The highest BCUT2D eigenvalue weighted by Crippen LogP contribution is 2.28. The second kappa shape index (κ2) is 9.95. The highest BCUT2D eigenvalue weighted by atomic mass is 35.5. The minimum Gasteiger partial charge on any atom is -0.491 e. The predicted octanol–water partition coefficient (Wildman–Crippen LogP) is 5.12. The Morgan fingerprint density at radius 2 is 1.80 bits per heavy atom. The molecule has 0 radical (unpaired) electrons. The zero-order valence-corrected chi connectivity index (χ0v) is 16.5. The summed E-state index contributed by atoms with van der Waals surface area (Å²) in [6, 6.07) is 13.2. The first kappa shape index (κ1) is 20.0. The number of aryl methyl sites for hydroxylation is 1. The van der Waals surface area contributed by atoms with E-state index in [1.54, 1.807) is 18.2 Å². The summed E-state index contributed by atoms with van der Waals surface area (Å²) in [6.45, 7) is 4.37. The van der Waals surface area contributed by atoms with E-state index in [1.807, 2.05) is 38.1 Å². The standard InChI is InChI=1S/C19H21Cl2NO2S/c1-13-6-8-15(9-7-13)24-10-14(2)22-19(23)12-25-11-16-17(20)4-3-5-18(16)21/h3-9,14H,10-12H2,1-2H3,(H,22,23)/t14-/m1/s1. The van der Waals surface area contributed by atoms with Crippen LogP contribution in [0.4, 0.5) is 0 Å². The summed E-state index contributed by atoms with van der Waals surface area (Å²) in [7, 11) is 0. The molecule has 25 heavy (non-hydrogen) atoms. The SMILES string of the molecule is Cc1ccc(OC[C@@H](C)NC(=O)CSCc2c(Cl)cccc2Cl)cc1. The maximum absolute atomic E-state index is 12.0. The van der Waals surface area contributed by atoms with Gasteiger partial charge in [-0.3, -0.25) is 4.79 Å². The number of carbonyl (C=O) groups excluding carboxylic acids is 1. The smallest absolute Gasteiger partial charge is 0.230 e. The molecule has 0 saturated heterocycles. The summed E-state index contributed by atoms with van der Waals surface area (Å²) in [6.07, 6.45) is 0. The fourth-order valence-electron chi connectivity index (χ4n) is 2.13. The number of halogens is 2. The maximum atomic E-state index is 12.0. The lowest BCUT2D eigenvalue weighted by atomic mass is 10.2. The van der Waals surface area contributed by atoms with Crippen molar-refractivity contribution in [1.82, 2.24) is 5.32 Å². The highest BCUT2D eigenvalue weighted by molar-refractivity contribution is 7.99. The molecule has 2 aromatic rings. The molecule has 1 N–H and O–H groups in total. The topological polar surface area (TPSA) is 38.3 Å². The van der Waals surface area contributed by atoms with Crippen LogP contribution in [0.1, 0.15) is 18.1 Å². The summed E-state index contributed by atoms with van der Waals surface area (Å²) in [4.78, 5) is 12.0. The lowest BCUT2D eigenvalue weighted by Gasteiger charge is -2.15. The van der Waals surface area contributed by atoms with E-state index in [0.29, 0.717) is 28.2 Å². The van der Waals surface area contributed by atoms with Crippen LogP contribution < -0.4 is 10.1 Å². The minimum absolute atomic E-state index is 0.0341. The molecule has 0 heterocycles. The first-order valence-electron chi connectivity index (χ1n) is 7.95. The molecule has 134 valence electrons. The molecule has 0 aromatic heterocycles. The van der Waals surface area contributed by atoms with Gasteiger partial charge in [-0.2, -0.15) is 0 Å². The van der Waals surface area contributed by atoms with Gasteiger partial charge in [-0.1, -0.05) is 47.0 Å². The molecule has 1 atom stereocenters. The van der Waals surface area contributed by atoms with Crippen molar-refractivity contribution in [3.8, 4) is 5.75 Å². The first-order chi connectivity index (χ1) is 12.0. The van der Waals surface area contributed by atoms with Crippen LogP contribution in [0.25, 0.3) is 0 Å². The number of hydrogen-bond acceptors (Lipinski definition) is 3. The van der Waals surface area contributed by atoms with Gasteiger partial charge in [0.2, 0.25) is 5.91 Å². The molecular weight excluding hydrogens is 377 g/mol. The number of rotatable bonds is 8. The van der Waals surface area contributed by atoms with Gasteiger partial charge in [0.05, 0.1) is 11.8 Å². The van der Waals surface area contributed by atoms with Crippen molar-refractivity contribution in [1.29, 1.82) is 0 Å². The summed E-state index contributed by atoms with van der Waals surface area (Å²) in [5.74, 6) is 1.71. The number of carbonyl (C=O) groups is 1. The zero-order chi connectivity index (χ0) is 18.2. The minimum atomic E-state index is -0.0710. The summed E-state index contributed by atoms with van der Waals surface area (Å²) >= 11 is 13.7. The zero-order valence-electron chi connectivity index (χ0n) is 14.2. The molecule has 0 unspecified atom stereocenters. The van der Waals surface area contributed by atoms with Crippen molar-refractivity contribution in [2.24, 2.45) is 0 Å². The van der Waals surface area contributed by atoms with Crippen molar-refractivity contribution < 1.29 is 9.53 Å². The van der Waals surface area contributed by atoms with Crippen molar-refractivity contribution in [2.75, 3.05) is 12.4 Å². The molecule has 6 heteroatoms. The molecule has 0 aliphatic rings. The predicted molar refractivity (Wildman–Crippen MR) is 107 cm³/mol. The van der Waals surface area contributed by atoms with Crippen LogP contribution in [0.5, 0.6) is 5.75 Å². The summed E-state index contributed by atoms with van der Waals surface area (Å²) in [5, 5.41) is 4.18. The van der Waals surface area contributed by atoms with Gasteiger partial charge >= 0.3 is 0 Å². The van der Waals surface area contributed by atoms with Crippen LogP contribution in [0.2, 0.25) is 10.0 Å². The molecule has 2 rings (SSSR count). The van der Waals surface area contributed by atoms with Gasteiger partial charge in [-0.05, 0) is 43.7 Å². The van der Waals surface area contributed by atoms with Crippen molar-refractivity contribution >= 4 is 40.9 Å². The van der Waals surface area contributed by atoms with Crippen molar-refractivity contribution in [3.63, 3.8) is 0 Å². The van der Waals surface area contributed by atoms with Gasteiger partial charge in [-0.25, -0.2) is 0 Å². The number of ether oxygens (including phenoxy) is 1. The highest BCUT2D eigenvalue weighted by Gasteiger charge is 2.10. The Morgan fingerprint density at radius 3 is 2.44 bits per heavy atom. The van der Waals surface area contributed by atoms with E-state index in [9.17, 15) is 4.79 Å². The third kappa shape index (κ3) is 6.81. The number of nitrogens with one attached hydrogen (secondary N) is 1. The molecular formula is C19H21Cl2NO2S. The lowest BCUT2D eigenvalue weighted by Crippen LogP contribution is -2.37. The molecule has 2 aromatic carbocycles. The average molecular weight is 398 g/mol. The fourth-order valence-corrected chi connectivity index (χ4v) is 3.71. The Bertz CT molecular complexity index is 687. The van der Waals surface area contributed by atoms with Gasteiger partial charge in [0.25, 0.3) is 0 Å². The quantitative estimate of drug-likeness (QED) is 0.671. The largest absolute Gasteiger partial charge is 0.491 e. The van der Waals surface area contributed by atoms with E-state index in [-0.39, 0.29) is 11.9 Å². The third-order valence-corrected chi connectivity index (χ3v) is 5.14. The molecule has 0 saturated carbocycles. The lowest BCUT2D eigenvalue weighted by molar-refractivity contribution is -0.119. The third-order valence-electron chi connectivity index (χ3n) is 3.47. The second-order valence-corrected chi connectivity index (χ2v) is 7.59. The summed E-state index contributed by atoms with van der Waals surface area (Å²) < 4.78 is 5.67. The molecule has 0 aliphatic carbocycles. The maximum Gasteiger partial charge on any atom is 0.230 e. The number of thioether (sulfide) groups is 1. The monoisotopic (exact) mass is 397 g/mol. The van der Waals surface area contributed by atoms with Gasteiger partial charge in [0.1, 0.15) is 12.4 Å². The first-order valence-corrected chi connectivity index (χ1v) is 9.86. The van der Waals surface area contributed by atoms with E-state index < -0.39 is 0 Å². The fraction of sp³-hybridized carbons (Fsp3) is 0.316. The van der Waals surface area contributed by atoms with Crippen LogP contribution in [0.3, 0.4) is 0 Å². The Kier molecular flexibility index (Phi) is 7.94. The van der Waals surface area contributed by atoms with Crippen molar-refractivity contribution in [2.45, 2.75) is 25.6 Å². The van der Waals surface area contributed by atoms with E-state index in [2.05, 4.69) is 5.32 Å². The van der Waals surface area contributed by atoms with Crippen LogP contribution in [0.15, 0.2) is 42.5 Å². The Balaban J connectivity index is 1.70. The van der Waals surface area contributed by atoms with E-state index in [4.69, 9.17) is 27.9 Å². The molecule has 0 bridgehead atoms. The number of benzene rings is 2. The Labute approximate surface area is 163 Å². The van der Waals surface area contributed by atoms with Crippen LogP contribution in [-0.2, 0) is 10.5 Å². The van der Waals surface area contributed by atoms with Gasteiger partial charge in [0, 0.05) is 15.8 Å². The van der Waals surface area contributed by atoms with Gasteiger partial charge < -0.3 is 10.1 Å². The molecule has 0 fully saturated rings. The number of hydrogen-bond donors (Lipinski definition) is 1. The summed E-state index contributed by atoms with van der Waals surface area (Å²) in [5.41, 5.74) is 2.05. The van der Waals surface area contributed by atoms with E-state index in [0.717, 1.165) is 11.3 Å². The second-order valence-electron chi connectivity index (χ2n) is 5.79. The number of amides is 1. The van der Waals surface area contributed by atoms with Crippen LogP contribution in [0, 0.1) is 6.92 Å². The average Bonchev–Trinajstić information content (AvgIpc) is 2.57. The van der Waals surface area contributed by atoms with E-state index in [1.165, 1.54) is 17.3 Å². The Hall–Kier alpha value is -1.36. The molecule has 0 spiro atoms. The van der Waals surface area contributed by atoms with Gasteiger partial charge in [-0.15, -0.1) is 11.8 Å². The normalized spacial score (nSPS) is 11.8. The molecule has 0 aliphatic heterocycles. The molecule has 1 amide bonds. The van der Waals surface area contributed by atoms with Crippen LogP contribution >= 0.6 is 35.0 Å². The van der Waals surface area contributed by atoms with Crippen molar-refractivity contribution in [3.05, 3.63) is 63.6 Å². The van der Waals surface area contributed by atoms with Crippen LogP contribution in [-0.4, -0.2) is 24.3 Å². The molecule has 3 nitrogen and oxygen atoms in total. The van der Waals surface area contributed by atoms with E-state index >= 15 is 0 Å². The Morgan fingerprint density at radius 1 is 1.16 bits per heavy atom. The van der Waals surface area contributed by atoms with Gasteiger partial charge in [0.15, 0.2) is 0 Å².